The lowest BCUT2D eigenvalue weighted by Gasteiger charge is -2.13. The first kappa shape index (κ1) is 25.6. The Labute approximate surface area is 220 Å². The summed E-state index contributed by atoms with van der Waals surface area (Å²) in [5.41, 5.74) is 4.77. The van der Waals surface area contributed by atoms with E-state index in [4.69, 9.17) is 19.3 Å². The third-order valence-electron chi connectivity index (χ3n) is 5.19. The number of hydrogen-bond acceptors (Lipinski definition) is 7. The van der Waals surface area contributed by atoms with Crippen molar-refractivity contribution in [3.63, 3.8) is 0 Å². The number of hydrogen-bond donors (Lipinski definition) is 2. The molecular weight excluding hydrogens is 542 g/mol. The molecule has 0 unspecified atom stereocenters. The molecule has 3 aromatic carbocycles. The van der Waals surface area contributed by atoms with Gasteiger partial charge in [-0.05, 0) is 63.5 Å². The molecule has 0 aliphatic heterocycles. The number of halogens is 1. The molecule has 0 aliphatic rings. The van der Waals surface area contributed by atoms with Gasteiger partial charge in [0.15, 0.2) is 18.1 Å². The van der Waals surface area contributed by atoms with Crippen LogP contribution >= 0.6 is 15.9 Å². The zero-order valence-corrected chi connectivity index (χ0v) is 21.3. The highest BCUT2D eigenvalue weighted by atomic mass is 79.9. The smallest absolute Gasteiger partial charge is 0.335 e. The summed E-state index contributed by atoms with van der Waals surface area (Å²) in [6, 6.07) is 19.1. The number of para-hydroxylation sites is 1. The summed E-state index contributed by atoms with van der Waals surface area (Å²) in [7, 11) is 1.51. The number of fused-ring (bicyclic) bond motifs is 1. The quantitative estimate of drug-likeness (QED) is 0.210. The normalized spacial score (nSPS) is 10.9. The minimum Gasteiger partial charge on any atom is -0.493 e. The predicted octanol–water partition coefficient (Wildman–Crippen LogP) is 4.81. The number of rotatable bonds is 10. The summed E-state index contributed by atoms with van der Waals surface area (Å²) >= 11 is 3.48. The first-order valence-corrected chi connectivity index (χ1v) is 11.8. The highest BCUT2D eigenvalue weighted by Gasteiger charge is 2.12. The molecule has 188 valence electrons. The van der Waals surface area contributed by atoms with Gasteiger partial charge in [0.1, 0.15) is 17.9 Å². The number of amides is 1. The largest absolute Gasteiger partial charge is 0.493 e. The number of nitrogens with one attached hydrogen (secondary N) is 1. The van der Waals surface area contributed by atoms with Gasteiger partial charge in [-0.2, -0.15) is 5.10 Å². The van der Waals surface area contributed by atoms with Crippen molar-refractivity contribution in [2.24, 2.45) is 5.10 Å². The van der Waals surface area contributed by atoms with Crippen molar-refractivity contribution in [3.8, 4) is 17.2 Å². The predicted molar refractivity (Wildman–Crippen MR) is 141 cm³/mol. The Balaban J connectivity index is 1.34. The fourth-order valence-corrected chi connectivity index (χ4v) is 3.97. The van der Waals surface area contributed by atoms with E-state index in [0.29, 0.717) is 32.8 Å². The first-order valence-electron chi connectivity index (χ1n) is 11.1. The lowest BCUT2D eigenvalue weighted by molar-refractivity contribution is -0.123. The van der Waals surface area contributed by atoms with E-state index >= 15 is 0 Å². The van der Waals surface area contributed by atoms with Crippen LogP contribution < -0.4 is 19.6 Å². The van der Waals surface area contributed by atoms with Crippen LogP contribution in [0, 0.1) is 0 Å². The molecule has 0 radical (unpaired) electrons. The van der Waals surface area contributed by atoms with E-state index in [1.54, 1.807) is 36.5 Å². The third-order valence-corrected chi connectivity index (χ3v) is 5.78. The van der Waals surface area contributed by atoms with Crippen molar-refractivity contribution >= 4 is 44.9 Å². The molecule has 2 N–H and O–H groups in total. The van der Waals surface area contributed by atoms with E-state index in [1.165, 1.54) is 25.5 Å². The average Bonchev–Trinajstić information content (AvgIpc) is 2.91. The molecule has 4 rings (SSSR count). The monoisotopic (exact) mass is 563 g/mol. The van der Waals surface area contributed by atoms with E-state index in [0.717, 1.165) is 10.9 Å². The number of pyridine rings is 1. The van der Waals surface area contributed by atoms with Crippen molar-refractivity contribution in [2.75, 3.05) is 13.7 Å². The molecule has 10 heteroatoms. The number of carboxylic acid groups (broad SMARTS) is 1. The summed E-state index contributed by atoms with van der Waals surface area (Å²) in [4.78, 5) is 27.5. The van der Waals surface area contributed by atoms with Crippen molar-refractivity contribution in [2.45, 2.75) is 6.61 Å². The fraction of sp³-hybridized carbons (Fsp3) is 0.111. The molecule has 37 heavy (non-hydrogen) atoms. The standard InChI is InChI=1S/C27H22BrN3O6/c1-35-23-13-18(12-21(28)26(23)37-15-17-7-9-20(10-8-17)27(33)34)14-30-31-24(32)16-36-22-6-2-4-19-5-3-11-29-25(19)22/h2-14H,15-16H2,1H3,(H,31,32)(H,33,34)/b30-14+. The Morgan fingerprint density at radius 2 is 1.84 bits per heavy atom. The summed E-state index contributed by atoms with van der Waals surface area (Å²) in [6.45, 7) is -0.00909. The zero-order valence-electron chi connectivity index (χ0n) is 19.7. The lowest BCUT2D eigenvalue weighted by Crippen LogP contribution is -2.24. The molecule has 1 aromatic heterocycles. The van der Waals surface area contributed by atoms with E-state index in [9.17, 15) is 9.59 Å². The van der Waals surface area contributed by atoms with Crippen molar-refractivity contribution in [3.05, 3.63) is 94.1 Å². The Morgan fingerprint density at radius 3 is 2.59 bits per heavy atom. The number of carbonyl (C=O) groups is 2. The molecule has 0 atom stereocenters. The molecule has 1 amide bonds. The highest BCUT2D eigenvalue weighted by Crippen LogP contribution is 2.37. The Bertz CT molecular complexity index is 1450. The van der Waals surface area contributed by atoms with Gasteiger partial charge in [0, 0.05) is 11.6 Å². The van der Waals surface area contributed by atoms with E-state index < -0.39 is 11.9 Å². The Hall–Kier alpha value is -4.44. The molecule has 0 bridgehead atoms. The van der Waals surface area contributed by atoms with E-state index in [1.807, 2.05) is 24.3 Å². The molecule has 0 saturated carbocycles. The van der Waals surface area contributed by atoms with Gasteiger partial charge in [-0.25, -0.2) is 10.2 Å². The lowest BCUT2D eigenvalue weighted by atomic mass is 10.1. The second-order valence-corrected chi connectivity index (χ2v) is 8.59. The minimum atomic E-state index is -0.986. The maximum atomic E-state index is 12.2. The molecule has 1 heterocycles. The summed E-state index contributed by atoms with van der Waals surface area (Å²) < 4.78 is 17.6. The van der Waals surface area contributed by atoms with Crippen LogP contribution in [0.15, 0.2) is 82.5 Å². The molecule has 0 saturated heterocycles. The van der Waals surface area contributed by atoms with E-state index in [2.05, 4.69) is 31.4 Å². The van der Waals surface area contributed by atoms with Crippen LogP contribution in [0.4, 0.5) is 0 Å². The summed E-state index contributed by atoms with van der Waals surface area (Å²) in [6.07, 6.45) is 3.14. The van der Waals surface area contributed by atoms with Gasteiger partial charge >= 0.3 is 5.97 Å². The van der Waals surface area contributed by atoms with Gasteiger partial charge in [-0.15, -0.1) is 0 Å². The van der Waals surface area contributed by atoms with Crippen LogP contribution in [0.5, 0.6) is 17.2 Å². The molecule has 0 aliphatic carbocycles. The van der Waals surface area contributed by atoms with Gasteiger partial charge in [-0.3, -0.25) is 9.78 Å². The highest BCUT2D eigenvalue weighted by molar-refractivity contribution is 9.10. The molecule has 9 nitrogen and oxygen atoms in total. The van der Waals surface area contributed by atoms with Crippen LogP contribution in [0.25, 0.3) is 10.9 Å². The topological polar surface area (TPSA) is 119 Å². The number of carboxylic acids is 1. The second kappa shape index (κ2) is 12.0. The minimum absolute atomic E-state index is 0.204. The molecule has 0 fully saturated rings. The molecule has 0 spiro atoms. The Kier molecular flexibility index (Phi) is 8.32. The number of ether oxygens (including phenoxy) is 3. The number of methoxy groups -OCH3 is 1. The number of benzene rings is 3. The van der Waals surface area contributed by atoms with Crippen LogP contribution in [0.3, 0.4) is 0 Å². The maximum absolute atomic E-state index is 12.2. The van der Waals surface area contributed by atoms with Crippen LogP contribution in [0.2, 0.25) is 0 Å². The van der Waals surface area contributed by atoms with Crippen molar-refractivity contribution in [1.82, 2.24) is 10.4 Å². The van der Waals surface area contributed by atoms with Crippen molar-refractivity contribution < 1.29 is 28.9 Å². The van der Waals surface area contributed by atoms with Crippen LogP contribution in [0.1, 0.15) is 21.5 Å². The number of aromatic nitrogens is 1. The second-order valence-electron chi connectivity index (χ2n) is 7.74. The molecular formula is C27H22BrN3O6. The number of aromatic carboxylic acids is 1. The SMILES string of the molecule is COc1cc(/C=N/NC(=O)COc2cccc3cccnc23)cc(Br)c1OCc1ccc(C(=O)O)cc1. The van der Waals surface area contributed by atoms with Gasteiger partial charge in [-0.1, -0.05) is 30.3 Å². The summed E-state index contributed by atoms with van der Waals surface area (Å²) in [5, 5.41) is 13.9. The van der Waals surface area contributed by atoms with Gasteiger partial charge in [0.2, 0.25) is 0 Å². The fourth-order valence-electron chi connectivity index (χ4n) is 3.40. The van der Waals surface area contributed by atoms with Gasteiger partial charge in [0.05, 0.1) is 23.4 Å². The number of nitrogens with zero attached hydrogens (tertiary/aromatic N) is 2. The maximum Gasteiger partial charge on any atom is 0.335 e. The number of carbonyl (C=O) groups excluding carboxylic acids is 1. The van der Waals surface area contributed by atoms with Crippen LogP contribution in [-0.2, 0) is 11.4 Å². The number of hydrazone groups is 1. The van der Waals surface area contributed by atoms with Gasteiger partial charge in [0.25, 0.3) is 5.91 Å². The summed E-state index contributed by atoms with van der Waals surface area (Å²) in [5.74, 6) is 0.0301. The van der Waals surface area contributed by atoms with Crippen molar-refractivity contribution in [1.29, 1.82) is 0 Å². The Morgan fingerprint density at radius 1 is 1.05 bits per heavy atom. The average molecular weight is 564 g/mol. The first-order chi connectivity index (χ1) is 17.9. The van der Waals surface area contributed by atoms with Gasteiger partial charge < -0.3 is 19.3 Å². The third kappa shape index (κ3) is 6.62. The zero-order chi connectivity index (χ0) is 26.2. The van der Waals surface area contributed by atoms with E-state index in [-0.39, 0.29) is 18.8 Å². The van der Waals surface area contributed by atoms with Crippen LogP contribution in [-0.4, -0.2) is 41.9 Å². The molecule has 4 aromatic rings.